The fourth-order valence-electron chi connectivity index (χ4n) is 3.41. The second-order valence-corrected chi connectivity index (χ2v) is 8.54. The van der Waals surface area contributed by atoms with Crippen LogP contribution in [0, 0.1) is 0 Å². The van der Waals surface area contributed by atoms with Gasteiger partial charge in [0.2, 0.25) is 0 Å². The first-order valence-corrected chi connectivity index (χ1v) is 11.2. The van der Waals surface area contributed by atoms with E-state index in [4.69, 9.17) is 4.74 Å². The molecule has 0 spiro atoms. The van der Waals surface area contributed by atoms with Crippen LogP contribution in [0.5, 0.6) is 17.2 Å². The first-order valence-electron chi connectivity index (χ1n) is 11.2. The lowest BCUT2D eigenvalue weighted by molar-refractivity contribution is -0.253. The molecule has 206 valence electrons. The Balaban J connectivity index is 1.89. The highest BCUT2D eigenvalue weighted by molar-refractivity contribution is 5.54. The van der Waals surface area contributed by atoms with Gasteiger partial charge < -0.3 is 24.4 Å². The minimum atomic E-state index is -4.93. The number of rotatable bonds is 11. The first-order chi connectivity index (χ1) is 17.7. The number of aliphatic hydroxyl groups is 1. The summed E-state index contributed by atoms with van der Waals surface area (Å²) in [5, 5.41) is 9.74. The Morgan fingerprint density at radius 2 is 1.34 bits per heavy atom. The molecule has 0 heterocycles. The maximum atomic E-state index is 13.3. The van der Waals surface area contributed by atoms with Crippen molar-refractivity contribution < 1.29 is 45.3 Å². The maximum Gasteiger partial charge on any atom is 0.461 e. The van der Waals surface area contributed by atoms with Gasteiger partial charge in [0, 0.05) is 44.1 Å². The molecule has 0 saturated heterocycles. The fourth-order valence-corrected chi connectivity index (χ4v) is 3.41. The number of alkyl halides is 7. The van der Waals surface area contributed by atoms with Crippen molar-refractivity contribution in [2.24, 2.45) is 0 Å². The van der Waals surface area contributed by atoms with Crippen molar-refractivity contribution in [2.45, 2.75) is 31.4 Å². The number of aliphatic hydroxyl groups excluding tert-OH is 1. The lowest BCUT2D eigenvalue weighted by Gasteiger charge is -2.29. The minimum absolute atomic E-state index is 0.173. The largest absolute Gasteiger partial charge is 0.461 e. The SMILES string of the molecule is CN(C)c1cccc(Oc2cccc(N(Cc3cccc(OC(F)(F)C(F)F)c3)CC(O)C(F)(F)F)c2)c1. The van der Waals surface area contributed by atoms with E-state index in [1.54, 1.807) is 24.3 Å². The topological polar surface area (TPSA) is 45.2 Å². The number of hydrogen-bond donors (Lipinski definition) is 1. The average molecular weight is 546 g/mol. The number of anilines is 2. The molecule has 12 heteroatoms. The molecule has 0 saturated carbocycles. The summed E-state index contributed by atoms with van der Waals surface area (Å²) in [7, 11) is 3.69. The lowest BCUT2D eigenvalue weighted by atomic mass is 10.1. The number of halogens is 7. The number of hydrogen-bond acceptors (Lipinski definition) is 5. The van der Waals surface area contributed by atoms with Gasteiger partial charge in [-0.05, 0) is 42.0 Å². The van der Waals surface area contributed by atoms with Gasteiger partial charge in [0.15, 0.2) is 6.10 Å². The van der Waals surface area contributed by atoms with Crippen molar-refractivity contribution in [1.29, 1.82) is 0 Å². The van der Waals surface area contributed by atoms with Gasteiger partial charge in [-0.3, -0.25) is 0 Å². The Hall–Kier alpha value is -3.67. The Labute approximate surface area is 214 Å². The summed E-state index contributed by atoms with van der Waals surface area (Å²) in [6.07, 6.45) is -16.5. The fraction of sp³-hybridized carbons (Fsp3) is 0.308. The molecular weight excluding hydrogens is 521 g/mol. The summed E-state index contributed by atoms with van der Waals surface area (Å²) in [4.78, 5) is 3.02. The third-order valence-electron chi connectivity index (χ3n) is 5.30. The van der Waals surface area contributed by atoms with Gasteiger partial charge in [0.25, 0.3) is 0 Å². The summed E-state index contributed by atoms with van der Waals surface area (Å²) >= 11 is 0. The van der Waals surface area contributed by atoms with E-state index < -0.39 is 37.1 Å². The number of benzene rings is 3. The molecule has 38 heavy (non-hydrogen) atoms. The van der Waals surface area contributed by atoms with E-state index in [-0.39, 0.29) is 17.8 Å². The van der Waals surface area contributed by atoms with E-state index in [9.17, 15) is 35.8 Å². The standard InChI is InChI=1S/C26H25F7N2O3/c1-34(2)18-7-4-9-20(13-18)37-21-10-5-8-19(14-21)35(16-23(36)25(29,30)31)15-17-6-3-11-22(12-17)38-26(32,33)24(27)28/h3-14,23-24,36H,15-16H2,1-2H3. The predicted octanol–water partition coefficient (Wildman–Crippen LogP) is 6.71. The second kappa shape index (κ2) is 11.8. The molecule has 1 unspecified atom stereocenters. The summed E-state index contributed by atoms with van der Waals surface area (Å²) in [6.45, 7) is -1.20. The molecular formula is C26H25F7N2O3. The molecule has 0 aliphatic rings. The number of ether oxygens (including phenoxy) is 2. The van der Waals surface area contributed by atoms with E-state index in [0.29, 0.717) is 11.5 Å². The van der Waals surface area contributed by atoms with Crippen molar-refractivity contribution in [3.63, 3.8) is 0 Å². The Kier molecular flexibility index (Phi) is 8.97. The van der Waals surface area contributed by atoms with Crippen molar-refractivity contribution in [2.75, 3.05) is 30.4 Å². The van der Waals surface area contributed by atoms with Gasteiger partial charge in [-0.1, -0.05) is 24.3 Å². The van der Waals surface area contributed by atoms with Crippen molar-refractivity contribution >= 4 is 11.4 Å². The van der Waals surface area contributed by atoms with Crippen molar-refractivity contribution in [1.82, 2.24) is 0 Å². The zero-order chi connectivity index (χ0) is 28.1. The van der Waals surface area contributed by atoms with Crippen molar-refractivity contribution in [3.8, 4) is 17.2 Å². The van der Waals surface area contributed by atoms with Crippen LogP contribution in [0.4, 0.5) is 42.1 Å². The maximum absolute atomic E-state index is 13.3. The van der Waals surface area contributed by atoms with E-state index in [2.05, 4.69) is 4.74 Å². The van der Waals surface area contributed by atoms with Gasteiger partial charge in [-0.25, -0.2) is 0 Å². The van der Waals surface area contributed by atoms with Crippen molar-refractivity contribution in [3.05, 3.63) is 78.4 Å². The predicted molar refractivity (Wildman–Crippen MR) is 128 cm³/mol. The normalized spacial score (nSPS) is 12.8. The third-order valence-corrected chi connectivity index (χ3v) is 5.30. The number of nitrogens with zero attached hydrogens (tertiary/aromatic N) is 2. The summed E-state index contributed by atoms with van der Waals surface area (Å²) in [6, 6.07) is 17.8. The highest BCUT2D eigenvalue weighted by Gasteiger charge is 2.44. The van der Waals surface area contributed by atoms with Crippen LogP contribution >= 0.6 is 0 Å². The quantitative estimate of drug-likeness (QED) is 0.271. The van der Waals surface area contributed by atoms with Gasteiger partial charge in [0.1, 0.15) is 17.2 Å². The van der Waals surface area contributed by atoms with Crippen LogP contribution in [0.2, 0.25) is 0 Å². The van der Waals surface area contributed by atoms with Gasteiger partial charge >= 0.3 is 18.7 Å². The van der Waals surface area contributed by atoms with Gasteiger partial charge in [-0.15, -0.1) is 0 Å². The van der Waals surface area contributed by atoms with E-state index in [0.717, 1.165) is 22.7 Å². The Morgan fingerprint density at radius 1 is 0.789 bits per heavy atom. The molecule has 1 N–H and O–H groups in total. The molecule has 0 amide bonds. The molecule has 0 aliphatic heterocycles. The van der Waals surface area contributed by atoms with Crippen LogP contribution in [0.25, 0.3) is 0 Å². The molecule has 0 aliphatic carbocycles. The lowest BCUT2D eigenvalue weighted by Crippen LogP contribution is -2.40. The van der Waals surface area contributed by atoms with E-state index >= 15 is 0 Å². The van der Waals surface area contributed by atoms with Crippen LogP contribution in [0.15, 0.2) is 72.8 Å². The molecule has 5 nitrogen and oxygen atoms in total. The molecule has 0 radical (unpaired) electrons. The molecule has 0 fully saturated rings. The highest BCUT2D eigenvalue weighted by Crippen LogP contribution is 2.32. The Bertz CT molecular complexity index is 1210. The van der Waals surface area contributed by atoms with Gasteiger partial charge in [-0.2, -0.15) is 30.7 Å². The molecule has 1 atom stereocenters. The molecule has 3 rings (SSSR count). The molecule has 3 aromatic rings. The van der Waals surface area contributed by atoms with Gasteiger partial charge in [0.05, 0.1) is 6.54 Å². The summed E-state index contributed by atoms with van der Waals surface area (Å²) in [5.74, 6) is 0.167. The third kappa shape index (κ3) is 7.91. The summed E-state index contributed by atoms with van der Waals surface area (Å²) < 4.78 is 101. The Morgan fingerprint density at radius 3 is 1.92 bits per heavy atom. The van der Waals surface area contributed by atoms with Crippen LogP contribution in [-0.4, -0.2) is 50.6 Å². The van der Waals surface area contributed by atoms with Crippen LogP contribution in [-0.2, 0) is 6.54 Å². The monoisotopic (exact) mass is 546 g/mol. The van der Waals surface area contributed by atoms with Crippen LogP contribution in [0.3, 0.4) is 0 Å². The van der Waals surface area contributed by atoms with Crippen LogP contribution < -0.4 is 19.3 Å². The first kappa shape index (κ1) is 28.9. The average Bonchev–Trinajstić information content (AvgIpc) is 2.83. The van der Waals surface area contributed by atoms with E-state index in [1.807, 2.05) is 25.1 Å². The van der Waals surface area contributed by atoms with Crippen LogP contribution in [0.1, 0.15) is 5.56 Å². The summed E-state index contributed by atoms with van der Waals surface area (Å²) in [5.41, 5.74) is 1.25. The smallest absolute Gasteiger partial charge is 0.457 e. The second-order valence-electron chi connectivity index (χ2n) is 8.54. The van der Waals surface area contributed by atoms with E-state index in [1.165, 1.54) is 30.3 Å². The molecule has 0 aromatic heterocycles. The molecule has 0 bridgehead atoms. The minimum Gasteiger partial charge on any atom is -0.457 e. The zero-order valence-corrected chi connectivity index (χ0v) is 20.3. The zero-order valence-electron chi connectivity index (χ0n) is 20.3. The molecule has 3 aromatic carbocycles. The highest BCUT2D eigenvalue weighted by atomic mass is 19.4.